The van der Waals surface area contributed by atoms with Gasteiger partial charge in [0, 0.05) is 16.8 Å². The zero-order valence-corrected chi connectivity index (χ0v) is 18.1. The first kappa shape index (κ1) is 21.2. The largest absolute Gasteiger partial charge is 0.378 e. The highest BCUT2D eigenvalue weighted by atomic mass is 32.2. The fourth-order valence-corrected chi connectivity index (χ4v) is 3.61. The van der Waals surface area contributed by atoms with Gasteiger partial charge in [0.05, 0.1) is 17.1 Å². The lowest BCUT2D eigenvalue weighted by atomic mass is 10.2. The van der Waals surface area contributed by atoms with E-state index in [9.17, 15) is 4.79 Å². The number of carbonyl (C=O) groups is 1. The van der Waals surface area contributed by atoms with E-state index in [1.165, 1.54) is 16.4 Å². The van der Waals surface area contributed by atoms with Gasteiger partial charge in [-0.3, -0.25) is 9.78 Å². The van der Waals surface area contributed by atoms with E-state index >= 15 is 0 Å². The molecule has 3 N–H and O–H groups in total. The Morgan fingerprint density at radius 1 is 1.22 bits per heavy atom. The third-order valence-corrected chi connectivity index (χ3v) is 5.45. The van der Waals surface area contributed by atoms with Crippen molar-refractivity contribution in [1.29, 1.82) is 0 Å². The summed E-state index contributed by atoms with van der Waals surface area (Å²) in [5, 5.41) is 19.5. The standard InChI is InChI=1S/C20H19N9O2S/c1-12-6-8-14(9-7-12)32-11-16-17(24-28-29(16)19-18(21)26-31-27-19)20(30)25-23-13(2)15-5-3-4-10-22-15/h3-10H,11H2,1-2H3,(H2,21,26)(H,25,30)/b23-13-. The highest BCUT2D eigenvalue weighted by Crippen LogP contribution is 2.26. The quantitative estimate of drug-likeness (QED) is 0.246. The van der Waals surface area contributed by atoms with Gasteiger partial charge < -0.3 is 5.73 Å². The third-order valence-electron chi connectivity index (χ3n) is 4.43. The number of rotatable bonds is 7. The Labute approximate surface area is 187 Å². The van der Waals surface area contributed by atoms with E-state index in [4.69, 9.17) is 5.73 Å². The highest BCUT2D eigenvalue weighted by molar-refractivity contribution is 7.98. The summed E-state index contributed by atoms with van der Waals surface area (Å²) in [5.41, 5.74) is 11.2. The van der Waals surface area contributed by atoms with Gasteiger partial charge in [0.15, 0.2) is 5.69 Å². The van der Waals surface area contributed by atoms with E-state index in [1.54, 1.807) is 25.3 Å². The van der Waals surface area contributed by atoms with E-state index < -0.39 is 5.91 Å². The molecule has 4 rings (SSSR count). The van der Waals surface area contributed by atoms with Crippen molar-refractivity contribution in [2.24, 2.45) is 5.10 Å². The summed E-state index contributed by atoms with van der Waals surface area (Å²) >= 11 is 1.51. The number of nitrogens with zero attached hydrogens (tertiary/aromatic N) is 7. The van der Waals surface area contributed by atoms with Gasteiger partial charge in [0.25, 0.3) is 5.91 Å². The van der Waals surface area contributed by atoms with Crippen LogP contribution < -0.4 is 11.2 Å². The fourth-order valence-electron chi connectivity index (χ4n) is 2.72. The number of hydrogen-bond donors (Lipinski definition) is 2. The van der Waals surface area contributed by atoms with Crippen LogP contribution in [-0.2, 0) is 5.75 Å². The Bertz CT molecular complexity index is 1250. The van der Waals surface area contributed by atoms with Crippen LogP contribution in [0.2, 0.25) is 0 Å². The molecule has 162 valence electrons. The number of nitrogens with two attached hydrogens (primary N) is 1. The van der Waals surface area contributed by atoms with Crippen LogP contribution in [0.15, 0.2) is 63.3 Å². The maximum atomic E-state index is 12.9. The number of pyridine rings is 1. The summed E-state index contributed by atoms with van der Waals surface area (Å²) in [6, 6.07) is 13.5. The molecule has 0 radical (unpaired) electrons. The molecule has 1 aromatic carbocycles. The van der Waals surface area contributed by atoms with Crippen molar-refractivity contribution in [2.75, 3.05) is 5.73 Å². The molecule has 0 saturated heterocycles. The SMILES string of the molecule is C/C(=N/NC(=O)c1nnn(-c2nonc2N)c1CSc1ccc(C)cc1)c1ccccn1. The molecule has 0 saturated carbocycles. The van der Waals surface area contributed by atoms with Gasteiger partial charge in [0.1, 0.15) is 0 Å². The molecule has 0 bridgehead atoms. The first-order valence-electron chi connectivity index (χ1n) is 9.51. The van der Waals surface area contributed by atoms with Crippen molar-refractivity contribution in [3.8, 4) is 5.82 Å². The van der Waals surface area contributed by atoms with Gasteiger partial charge in [-0.25, -0.2) is 10.1 Å². The summed E-state index contributed by atoms with van der Waals surface area (Å²) < 4.78 is 6.02. The molecule has 1 amide bonds. The average molecular weight is 450 g/mol. The molecule has 0 aliphatic rings. The second-order valence-corrected chi connectivity index (χ2v) is 7.77. The molecule has 0 unspecified atom stereocenters. The summed E-state index contributed by atoms with van der Waals surface area (Å²) in [6.07, 6.45) is 1.65. The molecule has 0 fully saturated rings. The van der Waals surface area contributed by atoms with Gasteiger partial charge in [-0.1, -0.05) is 29.0 Å². The molecule has 0 aliphatic heterocycles. The minimum absolute atomic E-state index is 0.0347. The van der Waals surface area contributed by atoms with E-state index in [-0.39, 0.29) is 17.3 Å². The molecule has 0 aliphatic carbocycles. The number of hydrazone groups is 1. The number of nitrogens with one attached hydrogen (secondary N) is 1. The van der Waals surface area contributed by atoms with Gasteiger partial charge in [-0.2, -0.15) is 9.78 Å². The number of aromatic nitrogens is 6. The number of thioether (sulfide) groups is 1. The monoisotopic (exact) mass is 449 g/mol. The van der Waals surface area contributed by atoms with Crippen LogP contribution in [0.5, 0.6) is 0 Å². The minimum Gasteiger partial charge on any atom is -0.378 e. The third kappa shape index (κ3) is 4.64. The summed E-state index contributed by atoms with van der Waals surface area (Å²) in [4.78, 5) is 18.1. The normalized spacial score (nSPS) is 11.5. The van der Waals surface area contributed by atoms with Crippen molar-refractivity contribution < 1.29 is 9.42 Å². The predicted octanol–water partition coefficient (Wildman–Crippen LogP) is 2.38. The molecular formula is C20H19N9O2S. The van der Waals surface area contributed by atoms with E-state index in [2.05, 4.69) is 40.8 Å². The first-order chi connectivity index (χ1) is 15.5. The topological polar surface area (TPSA) is 150 Å². The zero-order valence-electron chi connectivity index (χ0n) is 17.3. The Balaban J connectivity index is 1.60. The molecule has 0 spiro atoms. The van der Waals surface area contributed by atoms with Crippen LogP contribution >= 0.6 is 11.8 Å². The number of amides is 1. The van der Waals surface area contributed by atoms with Crippen molar-refractivity contribution >= 4 is 29.2 Å². The molecular weight excluding hydrogens is 430 g/mol. The molecule has 0 atom stereocenters. The molecule has 3 heterocycles. The van der Waals surface area contributed by atoms with Crippen LogP contribution in [0.3, 0.4) is 0 Å². The second kappa shape index (κ2) is 9.39. The molecule has 3 aromatic heterocycles. The Kier molecular flexibility index (Phi) is 6.22. The minimum atomic E-state index is -0.527. The number of aryl methyl sites for hydroxylation is 1. The van der Waals surface area contributed by atoms with Crippen molar-refractivity contribution in [3.05, 3.63) is 71.3 Å². The number of carbonyl (C=O) groups excluding carboxylic acids is 1. The van der Waals surface area contributed by atoms with Gasteiger partial charge in [0.2, 0.25) is 11.6 Å². The van der Waals surface area contributed by atoms with E-state index in [1.807, 2.05) is 37.3 Å². The molecule has 11 nitrogen and oxygen atoms in total. The fraction of sp³-hybridized carbons (Fsp3) is 0.150. The van der Waals surface area contributed by atoms with Crippen molar-refractivity contribution in [2.45, 2.75) is 24.5 Å². The lowest BCUT2D eigenvalue weighted by Gasteiger charge is -2.06. The van der Waals surface area contributed by atoms with Crippen molar-refractivity contribution in [1.82, 2.24) is 35.7 Å². The Hall–Kier alpha value is -4.06. The molecule has 4 aromatic rings. The van der Waals surface area contributed by atoms with E-state index in [0.717, 1.165) is 10.5 Å². The number of benzene rings is 1. The summed E-state index contributed by atoms with van der Waals surface area (Å²) in [5.74, 6) is 0.0337. The van der Waals surface area contributed by atoms with Gasteiger partial charge in [-0.05, 0) is 48.4 Å². The number of nitrogen functional groups attached to an aromatic ring is 1. The molecule has 32 heavy (non-hydrogen) atoms. The zero-order chi connectivity index (χ0) is 22.5. The maximum absolute atomic E-state index is 12.9. The lowest BCUT2D eigenvalue weighted by Crippen LogP contribution is -2.21. The van der Waals surface area contributed by atoms with Crippen LogP contribution in [0.4, 0.5) is 5.82 Å². The van der Waals surface area contributed by atoms with Crippen molar-refractivity contribution in [3.63, 3.8) is 0 Å². The lowest BCUT2D eigenvalue weighted by molar-refractivity contribution is 0.0949. The van der Waals surface area contributed by atoms with Crippen LogP contribution in [0, 0.1) is 6.92 Å². The van der Waals surface area contributed by atoms with E-state index in [0.29, 0.717) is 22.9 Å². The Morgan fingerprint density at radius 3 is 2.72 bits per heavy atom. The highest BCUT2D eigenvalue weighted by Gasteiger charge is 2.24. The predicted molar refractivity (Wildman–Crippen MR) is 118 cm³/mol. The first-order valence-corrected chi connectivity index (χ1v) is 10.5. The summed E-state index contributed by atoms with van der Waals surface area (Å²) in [7, 11) is 0. The van der Waals surface area contributed by atoms with Crippen LogP contribution in [-0.4, -0.2) is 41.9 Å². The average Bonchev–Trinajstić information content (AvgIpc) is 3.43. The molecule has 12 heteroatoms. The summed E-state index contributed by atoms with van der Waals surface area (Å²) in [6.45, 7) is 3.76. The van der Waals surface area contributed by atoms with Crippen LogP contribution in [0.1, 0.15) is 34.4 Å². The number of hydrogen-bond acceptors (Lipinski definition) is 10. The second-order valence-electron chi connectivity index (χ2n) is 6.72. The Morgan fingerprint density at radius 2 is 2.03 bits per heavy atom. The smallest absolute Gasteiger partial charge is 0.293 e. The van der Waals surface area contributed by atoms with Gasteiger partial charge in [-0.15, -0.1) is 16.9 Å². The number of anilines is 1. The maximum Gasteiger partial charge on any atom is 0.293 e. The van der Waals surface area contributed by atoms with Gasteiger partial charge >= 0.3 is 0 Å². The van der Waals surface area contributed by atoms with Crippen LogP contribution in [0.25, 0.3) is 5.82 Å².